The van der Waals surface area contributed by atoms with E-state index in [-0.39, 0.29) is 36.8 Å². The van der Waals surface area contributed by atoms with Crippen molar-refractivity contribution in [3.63, 3.8) is 0 Å². The van der Waals surface area contributed by atoms with Crippen LogP contribution < -0.4 is 14.8 Å². The van der Waals surface area contributed by atoms with E-state index in [1.165, 1.54) is 11.8 Å². The van der Waals surface area contributed by atoms with Gasteiger partial charge < -0.3 is 19.4 Å². The van der Waals surface area contributed by atoms with E-state index >= 15 is 0 Å². The molecule has 1 atom stereocenters. The number of hydrogen-bond acceptors (Lipinski definition) is 8. The SMILES string of the molecule is COc1ccc(C2=NN(C(=O)CSc3nnc(CNC(=O)COc4ccccc4)n3C)[C@H](c3ccc(C)cc3)C2)cc1. The minimum Gasteiger partial charge on any atom is -0.497 e. The Balaban J connectivity index is 1.22. The number of carbonyl (C=O) groups is 2. The highest BCUT2D eigenvalue weighted by molar-refractivity contribution is 7.99. The number of benzene rings is 3. The van der Waals surface area contributed by atoms with Crippen molar-refractivity contribution in [1.29, 1.82) is 0 Å². The fourth-order valence-corrected chi connectivity index (χ4v) is 5.24. The maximum atomic E-state index is 13.5. The number of thioether (sulfide) groups is 1. The number of hydrazone groups is 1. The molecule has 1 N–H and O–H groups in total. The average Bonchev–Trinajstić information content (AvgIpc) is 3.62. The molecule has 10 nitrogen and oxygen atoms in total. The van der Waals surface area contributed by atoms with Gasteiger partial charge in [-0.3, -0.25) is 9.59 Å². The fraction of sp³-hybridized carbons (Fsp3) is 0.258. The molecule has 11 heteroatoms. The number of methoxy groups -OCH3 is 1. The summed E-state index contributed by atoms with van der Waals surface area (Å²) in [5, 5.41) is 18.1. The Morgan fingerprint density at radius 1 is 0.976 bits per heavy atom. The molecule has 0 fully saturated rings. The van der Waals surface area contributed by atoms with Gasteiger partial charge in [0, 0.05) is 13.5 Å². The lowest BCUT2D eigenvalue weighted by molar-refractivity contribution is -0.130. The average molecular weight is 585 g/mol. The first-order chi connectivity index (χ1) is 20.4. The van der Waals surface area contributed by atoms with Crippen molar-refractivity contribution in [2.45, 2.75) is 31.1 Å². The van der Waals surface area contributed by atoms with Crippen LogP contribution in [0.25, 0.3) is 0 Å². The molecule has 0 saturated carbocycles. The number of amides is 2. The van der Waals surface area contributed by atoms with Crippen LogP contribution in [-0.2, 0) is 23.2 Å². The standard InChI is InChI=1S/C31H32N6O4S/c1-21-9-11-23(12-10-21)27-17-26(22-13-15-24(40-3)16-14-22)35-37(27)30(39)20-42-31-34-33-28(36(31)2)18-32-29(38)19-41-25-7-5-4-6-8-25/h4-16,27H,17-20H2,1-3H3,(H,32,38)/t27-/m0/s1. The van der Waals surface area contributed by atoms with Crippen molar-refractivity contribution in [3.05, 3.63) is 101 Å². The predicted octanol–water partition coefficient (Wildman–Crippen LogP) is 4.30. The van der Waals surface area contributed by atoms with Crippen molar-refractivity contribution in [2.24, 2.45) is 12.1 Å². The summed E-state index contributed by atoms with van der Waals surface area (Å²) < 4.78 is 12.5. The summed E-state index contributed by atoms with van der Waals surface area (Å²) in [5.74, 6) is 1.68. The molecule has 0 bridgehead atoms. The zero-order valence-corrected chi connectivity index (χ0v) is 24.5. The molecule has 1 aromatic heterocycles. The zero-order chi connectivity index (χ0) is 29.5. The molecular weight excluding hydrogens is 552 g/mol. The molecule has 0 spiro atoms. The van der Waals surface area contributed by atoms with Crippen LogP contribution in [0.2, 0.25) is 0 Å². The van der Waals surface area contributed by atoms with Crippen LogP contribution in [0.1, 0.15) is 35.0 Å². The number of rotatable bonds is 11. The third-order valence-corrected chi connectivity index (χ3v) is 7.86. The second kappa shape index (κ2) is 13.3. The first-order valence-corrected chi connectivity index (χ1v) is 14.5. The second-order valence-corrected chi connectivity index (χ2v) is 10.7. The highest BCUT2D eigenvalue weighted by Gasteiger charge is 2.33. The molecule has 5 rings (SSSR count). The van der Waals surface area contributed by atoms with E-state index in [1.54, 1.807) is 35.9 Å². The second-order valence-electron chi connectivity index (χ2n) is 9.77. The van der Waals surface area contributed by atoms with E-state index in [0.717, 1.165) is 28.2 Å². The number of hydrogen-bond donors (Lipinski definition) is 1. The third kappa shape index (κ3) is 6.98. The van der Waals surface area contributed by atoms with Crippen LogP contribution in [0.3, 0.4) is 0 Å². The Labute approximate surface area is 248 Å². The summed E-state index contributed by atoms with van der Waals surface area (Å²) >= 11 is 1.28. The molecule has 2 amide bonds. The molecule has 1 aliphatic heterocycles. The van der Waals surface area contributed by atoms with E-state index in [0.29, 0.717) is 23.2 Å². The highest BCUT2D eigenvalue weighted by Crippen LogP contribution is 2.34. The number of aryl methyl sites for hydroxylation is 1. The van der Waals surface area contributed by atoms with Gasteiger partial charge in [-0.25, -0.2) is 5.01 Å². The zero-order valence-electron chi connectivity index (χ0n) is 23.7. The van der Waals surface area contributed by atoms with Gasteiger partial charge >= 0.3 is 0 Å². The van der Waals surface area contributed by atoms with Crippen molar-refractivity contribution in [2.75, 3.05) is 19.5 Å². The summed E-state index contributed by atoms with van der Waals surface area (Å²) in [6.07, 6.45) is 0.605. The van der Waals surface area contributed by atoms with Crippen molar-refractivity contribution in [3.8, 4) is 11.5 Å². The maximum Gasteiger partial charge on any atom is 0.258 e. The van der Waals surface area contributed by atoms with E-state index < -0.39 is 0 Å². The van der Waals surface area contributed by atoms with Crippen molar-refractivity contribution >= 4 is 29.3 Å². The number of nitrogens with one attached hydrogen (secondary N) is 1. The third-order valence-electron chi connectivity index (χ3n) is 6.86. The molecule has 1 aliphatic rings. The van der Waals surface area contributed by atoms with E-state index in [1.807, 2.05) is 73.7 Å². The lowest BCUT2D eigenvalue weighted by Gasteiger charge is -2.22. The number of ether oxygens (including phenoxy) is 2. The van der Waals surface area contributed by atoms with Crippen LogP contribution in [0.5, 0.6) is 11.5 Å². The van der Waals surface area contributed by atoms with Crippen molar-refractivity contribution in [1.82, 2.24) is 25.1 Å². The molecule has 42 heavy (non-hydrogen) atoms. The van der Waals surface area contributed by atoms with Gasteiger partial charge in [0.05, 0.1) is 31.2 Å². The molecule has 4 aromatic rings. The monoisotopic (exact) mass is 584 g/mol. The van der Waals surface area contributed by atoms with Crippen LogP contribution >= 0.6 is 11.8 Å². The number of aromatic nitrogens is 3. The lowest BCUT2D eigenvalue weighted by Crippen LogP contribution is -2.29. The molecule has 0 saturated heterocycles. The van der Waals surface area contributed by atoms with Crippen molar-refractivity contribution < 1.29 is 19.1 Å². The minimum atomic E-state index is -0.270. The number of carbonyl (C=O) groups excluding carboxylic acids is 2. The van der Waals surface area contributed by atoms with Crippen LogP contribution in [0.4, 0.5) is 0 Å². The molecule has 2 heterocycles. The van der Waals surface area contributed by atoms with E-state index in [2.05, 4.69) is 15.5 Å². The Hall–Kier alpha value is -4.64. The Morgan fingerprint density at radius 3 is 2.43 bits per heavy atom. The smallest absolute Gasteiger partial charge is 0.258 e. The number of para-hydroxylation sites is 1. The Kier molecular flexibility index (Phi) is 9.18. The highest BCUT2D eigenvalue weighted by atomic mass is 32.2. The van der Waals surface area contributed by atoms with Crippen LogP contribution in [-0.4, -0.2) is 56.8 Å². The fourth-order valence-electron chi connectivity index (χ4n) is 4.46. The number of nitrogens with zero attached hydrogens (tertiary/aromatic N) is 5. The predicted molar refractivity (Wildman–Crippen MR) is 160 cm³/mol. The molecule has 0 unspecified atom stereocenters. The molecule has 0 radical (unpaired) electrons. The summed E-state index contributed by atoms with van der Waals surface area (Å²) in [6, 6.07) is 24.8. The van der Waals surface area contributed by atoms with Gasteiger partial charge in [0.15, 0.2) is 17.6 Å². The Bertz CT molecular complexity index is 1550. The van der Waals surface area contributed by atoms with Gasteiger partial charge in [0.25, 0.3) is 11.8 Å². The van der Waals surface area contributed by atoms with Crippen LogP contribution in [0.15, 0.2) is 89.1 Å². The molecular formula is C31H32N6O4S. The topological polar surface area (TPSA) is 111 Å². The Morgan fingerprint density at radius 2 is 1.71 bits per heavy atom. The van der Waals surface area contributed by atoms with Crippen LogP contribution in [0, 0.1) is 6.92 Å². The quantitative estimate of drug-likeness (QED) is 0.262. The van der Waals surface area contributed by atoms with Gasteiger partial charge in [-0.1, -0.05) is 59.8 Å². The lowest BCUT2D eigenvalue weighted by atomic mass is 9.97. The van der Waals surface area contributed by atoms with E-state index in [9.17, 15) is 9.59 Å². The summed E-state index contributed by atoms with van der Waals surface area (Å²) in [6.45, 7) is 2.12. The maximum absolute atomic E-state index is 13.5. The van der Waals surface area contributed by atoms with Gasteiger partial charge in [-0.2, -0.15) is 5.10 Å². The van der Waals surface area contributed by atoms with Gasteiger partial charge in [-0.15, -0.1) is 10.2 Å². The summed E-state index contributed by atoms with van der Waals surface area (Å²) in [5.41, 5.74) is 3.97. The molecule has 216 valence electrons. The first kappa shape index (κ1) is 28.9. The van der Waals surface area contributed by atoms with Gasteiger partial charge in [0.2, 0.25) is 0 Å². The first-order valence-electron chi connectivity index (χ1n) is 13.5. The van der Waals surface area contributed by atoms with Gasteiger partial charge in [0.1, 0.15) is 11.5 Å². The summed E-state index contributed by atoms with van der Waals surface area (Å²) in [7, 11) is 3.44. The largest absolute Gasteiger partial charge is 0.497 e. The normalized spacial score (nSPS) is 14.4. The van der Waals surface area contributed by atoms with E-state index in [4.69, 9.17) is 14.6 Å². The molecule has 0 aliphatic carbocycles. The minimum absolute atomic E-state index is 0.102. The van der Waals surface area contributed by atoms with Gasteiger partial charge in [-0.05, 0) is 54.4 Å². The molecule has 3 aromatic carbocycles. The summed E-state index contributed by atoms with van der Waals surface area (Å²) in [4.78, 5) is 25.7.